The Balaban J connectivity index is 1.71. The summed E-state index contributed by atoms with van der Waals surface area (Å²) in [6.45, 7) is 5.44. The summed E-state index contributed by atoms with van der Waals surface area (Å²) in [5.41, 5.74) is 8.76. The van der Waals surface area contributed by atoms with Crippen LogP contribution >= 0.6 is 0 Å². The molecule has 0 aliphatic heterocycles. The van der Waals surface area contributed by atoms with Crippen LogP contribution < -0.4 is 19.9 Å². The molecule has 2 N–H and O–H groups in total. The summed E-state index contributed by atoms with van der Waals surface area (Å²) in [4.78, 5) is 0. The Labute approximate surface area is 138 Å². The number of methoxy groups -OCH3 is 1. The zero-order valence-electron chi connectivity index (χ0n) is 14.1. The van der Waals surface area contributed by atoms with Gasteiger partial charge in [-0.15, -0.1) is 0 Å². The Morgan fingerprint density at radius 3 is 2.22 bits per heavy atom. The minimum atomic E-state index is 0.621. The van der Waals surface area contributed by atoms with E-state index in [0.29, 0.717) is 24.7 Å². The monoisotopic (exact) mass is 315 g/mol. The molecule has 0 spiro atoms. The molecule has 2 aromatic carbocycles. The number of rotatable bonds is 8. The molecule has 0 fully saturated rings. The summed E-state index contributed by atoms with van der Waals surface area (Å²) in [5, 5.41) is 0. The van der Waals surface area contributed by atoms with Crippen molar-refractivity contribution < 1.29 is 14.2 Å². The predicted molar refractivity (Wildman–Crippen MR) is 93.5 cm³/mol. The number of nitrogens with two attached hydrogens (primary N) is 1. The van der Waals surface area contributed by atoms with Crippen LogP contribution in [0.4, 0.5) is 5.69 Å². The van der Waals surface area contributed by atoms with E-state index >= 15 is 0 Å². The first-order chi connectivity index (χ1) is 11.1. The number of benzene rings is 2. The quantitative estimate of drug-likeness (QED) is 0.588. The van der Waals surface area contributed by atoms with Gasteiger partial charge < -0.3 is 19.9 Å². The van der Waals surface area contributed by atoms with E-state index in [9.17, 15) is 0 Å². The van der Waals surface area contributed by atoms with Crippen LogP contribution in [0, 0.1) is 13.8 Å². The molecule has 0 atom stereocenters. The molecule has 0 saturated carbocycles. The molecule has 4 nitrogen and oxygen atoms in total. The standard InChI is InChI=1S/C19H25NO3/c1-14-6-7-15(2)18(12-14)23-11-5-4-10-22-17-9-8-16(20)13-19(17)21-3/h6-9,12-13H,4-5,10-11,20H2,1-3H3. The molecule has 0 heterocycles. The van der Waals surface area contributed by atoms with Crippen LogP contribution in [-0.4, -0.2) is 20.3 Å². The Bertz CT molecular complexity index is 641. The maximum atomic E-state index is 5.83. The lowest BCUT2D eigenvalue weighted by Gasteiger charge is -2.12. The van der Waals surface area contributed by atoms with Gasteiger partial charge in [0.1, 0.15) is 5.75 Å². The number of anilines is 1. The number of unbranched alkanes of at least 4 members (excludes halogenated alkanes) is 1. The van der Waals surface area contributed by atoms with E-state index in [1.54, 1.807) is 13.2 Å². The Hall–Kier alpha value is -2.36. The van der Waals surface area contributed by atoms with E-state index in [0.717, 1.165) is 24.3 Å². The highest BCUT2D eigenvalue weighted by atomic mass is 16.5. The molecule has 23 heavy (non-hydrogen) atoms. The Kier molecular flexibility index (Phi) is 6.15. The topological polar surface area (TPSA) is 53.7 Å². The third kappa shape index (κ3) is 5.09. The minimum absolute atomic E-state index is 0.621. The molecule has 124 valence electrons. The van der Waals surface area contributed by atoms with Crippen molar-refractivity contribution in [2.75, 3.05) is 26.1 Å². The highest BCUT2D eigenvalue weighted by Gasteiger charge is 2.04. The summed E-state index contributed by atoms with van der Waals surface area (Å²) in [5.74, 6) is 2.35. The summed E-state index contributed by atoms with van der Waals surface area (Å²) < 4.78 is 16.8. The van der Waals surface area contributed by atoms with Gasteiger partial charge >= 0.3 is 0 Å². The van der Waals surface area contributed by atoms with Crippen molar-refractivity contribution in [3.63, 3.8) is 0 Å². The largest absolute Gasteiger partial charge is 0.493 e. The average Bonchev–Trinajstić information content (AvgIpc) is 2.54. The van der Waals surface area contributed by atoms with Gasteiger partial charge in [0, 0.05) is 11.8 Å². The van der Waals surface area contributed by atoms with Crippen molar-refractivity contribution in [2.45, 2.75) is 26.7 Å². The lowest BCUT2D eigenvalue weighted by Crippen LogP contribution is -2.04. The van der Waals surface area contributed by atoms with Gasteiger partial charge in [0.05, 0.1) is 20.3 Å². The second-order valence-corrected chi connectivity index (χ2v) is 5.58. The molecule has 0 unspecified atom stereocenters. The molecule has 0 saturated heterocycles. The number of aryl methyl sites for hydroxylation is 2. The van der Waals surface area contributed by atoms with E-state index < -0.39 is 0 Å². The Morgan fingerprint density at radius 2 is 1.52 bits per heavy atom. The highest BCUT2D eigenvalue weighted by Crippen LogP contribution is 2.29. The number of ether oxygens (including phenoxy) is 3. The molecule has 2 rings (SSSR count). The smallest absolute Gasteiger partial charge is 0.162 e. The average molecular weight is 315 g/mol. The second kappa shape index (κ2) is 8.32. The van der Waals surface area contributed by atoms with Crippen molar-refractivity contribution >= 4 is 5.69 Å². The van der Waals surface area contributed by atoms with Gasteiger partial charge in [-0.25, -0.2) is 0 Å². The summed E-state index contributed by atoms with van der Waals surface area (Å²) in [6.07, 6.45) is 1.85. The van der Waals surface area contributed by atoms with Gasteiger partial charge in [-0.2, -0.15) is 0 Å². The number of nitrogen functional groups attached to an aromatic ring is 1. The first-order valence-electron chi connectivity index (χ1n) is 7.86. The van der Waals surface area contributed by atoms with Crippen LogP contribution in [0.5, 0.6) is 17.2 Å². The molecular formula is C19H25NO3. The first-order valence-corrected chi connectivity index (χ1v) is 7.86. The maximum absolute atomic E-state index is 5.83. The van der Waals surface area contributed by atoms with E-state index in [-0.39, 0.29) is 0 Å². The third-order valence-electron chi connectivity index (χ3n) is 3.59. The van der Waals surface area contributed by atoms with E-state index in [1.807, 2.05) is 12.1 Å². The molecule has 0 radical (unpaired) electrons. The minimum Gasteiger partial charge on any atom is -0.493 e. The molecular weight excluding hydrogens is 290 g/mol. The Morgan fingerprint density at radius 1 is 0.826 bits per heavy atom. The number of hydrogen-bond donors (Lipinski definition) is 1. The van der Waals surface area contributed by atoms with Crippen LogP contribution in [0.25, 0.3) is 0 Å². The van der Waals surface area contributed by atoms with E-state index in [2.05, 4.69) is 32.0 Å². The van der Waals surface area contributed by atoms with Crippen molar-refractivity contribution in [1.29, 1.82) is 0 Å². The van der Waals surface area contributed by atoms with Crippen LogP contribution in [0.15, 0.2) is 36.4 Å². The zero-order valence-corrected chi connectivity index (χ0v) is 14.1. The maximum Gasteiger partial charge on any atom is 0.162 e. The van der Waals surface area contributed by atoms with Crippen molar-refractivity contribution in [2.24, 2.45) is 0 Å². The SMILES string of the molecule is COc1cc(N)ccc1OCCCCOc1cc(C)ccc1C. The predicted octanol–water partition coefficient (Wildman–Crippen LogP) is 4.13. The third-order valence-corrected chi connectivity index (χ3v) is 3.59. The molecule has 0 aliphatic carbocycles. The fourth-order valence-electron chi connectivity index (χ4n) is 2.23. The van der Waals surface area contributed by atoms with Gasteiger partial charge in [0.25, 0.3) is 0 Å². The lowest BCUT2D eigenvalue weighted by molar-refractivity contribution is 0.258. The van der Waals surface area contributed by atoms with Crippen LogP contribution in [0.2, 0.25) is 0 Å². The zero-order chi connectivity index (χ0) is 16.7. The van der Waals surface area contributed by atoms with Gasteiger partial charge in [-0.3, -0.25) is 0 Å². The van der Waals surface area contributed by atoms with Crippen LogP contribution in [-0.2, 0) is 0 Å². The summed E-state index contributed by atoms with van der Waals surface area (Å²) in [6, 6.07) is 11.7. The van der Waals surface area contributed by atoms with Gasteiger partial charge in [0.15, 0.2) is 11.5 Å². The molecule has 0 aliphatic rings. The first kappa shape index (κ1) is 17.0. The fourth-order valence-corrected chi connectivity index (χ4v) is 2.23. The van der Waals surface area contributed by atoms with Crippen LogP contribution in [0.1, 0.15) is 24.0 Å². The van der Waals surface area contributed by atoms with E-state index in [4.69, 9.17) is 19.9 Å². The molecule has 0 amide bonds. The van der Waals surface area contributed by atoms with Crippen LogP contribution in [0.3, 0.4) is 0 Å². The summed E-state index contributed by atoms with van der Waals surface area (Å²) in [7, 11) is 1.61. The highest BCUT2D eigenvalue weighted by molar-refractivity contribution is 5.51. The van der Waals surface area contributed by atoms with Crippen molar-refractivity contribution in [1.82, 2.24) is 0 Å². The summed E-state index contributed by atoms with van der Waals surface area (Å²) >= 11 is 0. The van der Waals surface area contributed by atoms with Gasteiger partial charge in [-0.05, 0) is 56.0 Å². The van der Waals surface area contributed by atoms with E-state index in [1.165, 1.54) is 11.1 Å². The lowest BCUT2D eigenvalue weighted by atomic mass is 10.1. The molecule has 0 aromatic heterocycles. The normalized spacial score (nSPS) is 10.4. The molecule has 2 aromatic rings. The fraction of sp³-hybridized carbons (Fsp3) is 0.368. The van der Waals surface area contributed by atoms with Gasteiger partial charge in [-0.1, -0.05) is 12.1 Å². The van der Waals surface area contributed by atoms with Crippen molar-refractivity contribution in [3.8, 4) is 17.2 Å². The molecule has 4 heteroatoms. The second-order valence-electron chi connectivity index (χ2n) is 5.58. The number of hydrogen-bond acceptors (Lipinski definition) is 4. The molecule has 0 bridgehead atoms. The van der Waals surface area contributed by atoms with Gasteiger partial charge in [0.2, 0.25) is 0 Å². The van der Waals surface area contributed by atoms with Crippen molar-refractivity contribution in [3.05, 3.63) is 47.5 Å².